The van der Waals surface area contributed by atoms with E-state index in [1.165, 1.54) is 4.31 Å². The van der Waals surface area contributed by atoms with Crippen molar-refractivity contribution in [3.8, 4) is 0 Å². The van der Waals surface area contributed by atoms with Gasteiger partial charge in [-0.15, -0.1) is 0 Å². The molecule has 1 aliphatic heterocycles. The third-order valence-corrected chi connectivity index (χ3v) is 6.50. The summed E-state index contributed by atoms with van der Waals surface area (Å²) in [5.74, 6) is 0. The number of sulfonamides is 1. The molecular weight excluding hydrogens is 328 g/mol. The fourth-order valence-electron chi connectivity index (χ4n) is 2.43. The van der Waals surface area contributed by atoms with Crippen LogP contribution in [0.1, 0.15) is 12.8 Å². The van der Waals surface area contributed by atoms with E-state index < -0.39 is 10.0 Å². The summed E-state index contributed by atoms with van der Waals surface area (Å²) in [6.07, 6.45) is 2.20. The van der Waals surface area contributed by atoms with Crippen LogP contribution < -0.4 is 0 Å². The number of likely N-dealkylation sites (N-methyl/N-ethyl adjacent to an activating group) is 2. The summed E-state index contributed by atoms with van der Waals surface area (Å²) in [5.41, 5.74) is 0. The van der Waals surface area contributed by atoms with Crippen LogP contribution >= 0.6 is 15.9 Å². The van der Waals surface area contributed by atoms with Crippen LogP contribution in [0.15, 0.2) is 33.6 Å². The highest BCUT2D eigenvalue weighted by Crippen LogP contribution is 2.25. The molecule has 106 valence electrons. The Labute approximate surface area is 123 Å². The number of hydrogen-bond acceptors (Lipinski definition) is 3. The minimum atomic E-state index is -3.42. The molecule has 1 unspecified atom stereocenters. The molecule has 1 heterocycles. The number of hydrogen-bond donors (Lipinski definition) is 0. The molecule has 0 aromatic heterocycles. The van der Waals surface area contributed by atoms with Gasteiger partial charge in [-0.3, -0.25) is 0 Å². The predicted octanol–water partition coefficient (Wildman–Crippen LogP) is 2.16. The highest BCUT2D eigenvalue weighted by Gasteiger charge is 2.28. The lowest BCUT2D eigenvalue weighted by molar-refractivity contribution is 0.271. The van der Waals surface area contributed by atoms with Crippen molar-refractivity contribution in [1.29, 1.82) is 0 Å². The average molecular weight is 347 g/mol. The maximum Gasteiger partial charge on any atom is 0.243 e. The second-order valence-corrected chi connectivity index (χ2v) is 7.86. The van der Waals surface area contributed by atoms with Gasteiger partial charge < -0.3 is 4.90 Å². The number of benzene rings is 1. The third-order valence-electron chi connectivity index (χ3n) is 3.66. The highest BCUT2D eigenvalue weighted by atomic mass is 79.9. The molecule has 1 aromatic rings. The fraction of sp³-hybridized carbons (Fsp3) is 0.538. The summed E-state index contributed by atoms with van der Waals surface area (Å²) in [5, 5.41) is 0. The van der Waals surface area contributed by atoms with E-state index in [1.54, 1.807) is 25.2 Å². The monoisotopic (exact) mass is 346 g/mol. The van der Waals surface area contributed by atoms with Crippen LogP contribution in [0.3, 0.4) is 0 Å². The van der Waals surface area contributed by atoms with Gasteiger partial charge in [0.25, 0.3) is 0 Å². The van der Waals surface area contributed by atoms with E-state index in [1.807, 2.05) is 6.07 Å². The van der Waals surface area contributed by atoms with E-state index in [2.05, 4.69) is 27.9 Å². The summed E-state index contributed by atoms with van der Waals surface area (Å²) >= 11 is 3.31. The van der Waals surface area contributed by atoms with Crippen molar-refractivity contribution in [2.75, 3.05) is 27.2 Å². The minimum absolute atomic E-state index is 0.322. The Kier molecular flexibility index (Phi) is 4.66. The molecule has 2 rings (SSSR count). The molecular formula is C13H19BrN2O2S. The van der Waals surface area contributed by atoms with Gasteiger partial charge in [-0.2, -0.15) is 4.31 Å². The Morgan fingerprint density at radius 3 is 2.68 bits per heavy atom. The lowest BCUT2D eigenvalue weighted by atomic mass is 10.2. The normalized spacial score (nSPS) is 21.2. The van der Waals surface area contributed by atoms with E-state index in [4.69, 9.17) is 0 Å². The SMILES string of the molecule is CN1CCCC1CN(C)S(=O)(=O)c1ccccc1Br. The standard InChI is InChI=1S/C13H19BrN2O2S/c1-15-9-5-6-11(15)10-16(2)19(17,18)13-8-4-3-7-12(13)14/h3-4,7-8,11H,5-6,9-10H2,1-2H3. The first-order chi connectivity index (χ1) is 8.93. The van der Waals surface area contributed by atoms with Crippen LogP contribution in [0, 0.1) is 0 Å². The Bertz CT molecular complexity index is 547. The summed E-state index contributed by atoms with van der Waals surface area (Å²) in [6, 6.07) is 7.26. The van der Waals surface area contributed by atoms with Crippen LogP contribution in [-0.4, -0.2) is 50.8 Å². The number of nitrogens with zero attached hydrogens (tertiary/aromatic N) is 2. The predicted molar refractivity (Wildman–Crippen MR) is 79.6 cm³/mol. The van der Waals surface area contributed by atoms with Crippen molar-refractivity contribution in [2.24, 2.45) is 0 Å². The molecule has 1 aromatic carbocycles. The summed E-state index contributed by atoms with van der Waals surface area (Å²) in [7, 11) is 0.285. The Balaban J connectivity index is 2.18. The number of rotatable bonds is 4. The van der Waals surface area contributed by atoms with E-state index in [9.17, 15) is 8.42 Å². The van der Waals surface area contributed by atoms with Crippen LogP contribution in [-0.2, 0) is 10.0 Å². The molecule has 0 spiro atoms. The fourth-order valence-corrected chi connectivity index (χ4v) is 4.59. The van der Waals surface area contributed by atoms with Crippen molar-refractivity contribution >= 4 is 26.0 Å². The Morgan fingerprint density at radius 1 is 1.42 bits per heavy atom. The third kappa shape index (κ3) is 3.18. The van der Waals surface area contributed by atoms with Crippen molar-refractivity contribution in [2.45, 2.75) is 23.8 Å². The molecule has 1 aliphatic rings. The first-order valence-corrected chi connectivity index (χ1v) is 8.57. The lowest BCUT2D eigenvalue weighted by Gasteiger charge is -2.25. The van der Waals surface area contributed by atoms with Gasteiger partial charge in [-0.1, -0.05) is 12.1 Å². The molecule has 0 aliphatic carbocycles. The molecule has 0 amide bonds. The maximum atomic E-state index is 12.5. The van der Waals surface area contributed by atoms with Crippen LogP contribution in [0.2, 0.25) is 0 Å². The van der Waals surface area contributed by atoms with E-state index >= 15 is 0 Å². The Hall–Kier alpha value is -0.430. The van der Waals surface area contributed by atoms with E-state index in [-0.39, 0.29) is 0 Å². The summed E-state index contributed by atoms with van der Waals surface area (Å²) in [4.78, 5) is 2.56. The number of halogens is 1. The van der Waals surface area contributed by atoms with E-state index in [0.717, 1.165) is 19.4 Å². The van der Waals surface area contributed by atoms with Gasteiger partial charge in [0.15, 0.2) is 0 Å². The van der Waals surface area contributed by atoms with Gasteiger partial charge in [0.05, 0.1) is 4.90 Å². The number of likely N-dealkylation sites (tertiary alicyclic amines) is 1. The van der Waals surface area contributed by atoms with E-state index in [0.29, 0.717) is 22.0 Å². The zero-order valence-corrected chi connectivity index (χ0v) is 13.6. The average Bonchev–Trinajstić information content (AvgIpc) is 2.75. The molecule has 19 heavy (non-hydrogen) atoms. The lowest BCUT2D eigenvalue weighted by Crippen LogP contribution is -2.39. The summed E-state index contributed by atoms with van der Waals surface area (Å²) in [6.45, 7) is 1.59. The van der Waals surface area contributed by atoms with Gasteiger partial charge in [-0.25, -0.2) is 8.42 Å². The van der Waals surface area contributed by atoms with Crippen molar-refractivity contribution < 1.29 is 8.42 Å². The molecule has 0 radical (unpaired) electrons. The van der Waals surface area contributed by atoms with Gasteiger partial charge in [0.2, 0.25) is 10.0 Å². The molecule has 6 heteroatoms. The highest BCUT2D eigenvalue weighted by molar-refractivity contribution is 9.10. The van der Waals surface area contributed by atoms with Gasteiger partial charge in [0.1, 0.15) is 0 Å². The van der Waals surface area contributed by atoms with Crippen LogP contribution in [0.5, 0.6) is 0 Å². The molecule has 4 nitrogen and oxygen atoms in total. The van der Waals surface area contributed by atoms with Crippen molar-refractivity contribution in [1.82, 2.24) is 9.21 Å². The molecule has 0 bridgehead atoms. The molecule has 1 fully saturated rings. The largest absolute Gasteiger partial charge is 0.302 e. The van der Waals surface area contributed by atoms with Gasteiger partial charge >= 0.3 is 0 Å². The van der Waals surface area contributed by atoms with Gasteiger partial charge in [-0.05, 0) is 54.5 Å². The molecule has 1 atom stereocenters. The minimum Gasteiger partial charge on any atom is -0.302 e. The summed E-state index contributed by atoms with van der Waals surface area (Å²) < 4.78 is 27.1. The first kappa shape index (κ1) is 15.0. The second kappa shape index (κ2) is 5.91. The first-order valence-electron chi connectivity index (χ1n) is 6.34. The second-order valence-electron chi connectivity index (χ2n) is 4.99. The quantitative estimate of drug-likeness (QED) is 0.838. The van der Waals surface area contributed by atoms with Crippen molar-refractivity contribution in [3.05, 3.63) is 28.7 Å². The molecule has 0 N–H and O–H groups in total. The maximum absolute atomic E-state index is 12.5. The van der Waals surface area contributed by atoms with Crippen molar-refractivity contribution in [3.63, 3.8) is 0 Å². The smallest absolute Gasteiger partial charge is 0.243 e. The molecule has 1 saturated heterocycles. The van der Waals surface area contributed by atoms with Gasteiger partial charge in [0, 0.05) is 24.1 Å². The Morgan fingerprint density at radius 2 is 2.11 bits per heavy atom. The molecule has 0 saturated carbocycles. The zero-order valence-electron chi connectivity index (χ0n) is 11.2. The zero-order chi connectivity index (χ0) is 14.0. The van der Waals surface area contributed by atoms with Crippen LogP contribution in [0.4, 0.5) is 0 Å². The van der Waals surface area contributed by atoms with Crippen LogP contribution in [0.25, 0.3) is 0 Å². The topological polar surface area (TPSA) is 40.6 Å².